The molecule has 3 aromatic heterocycles. The monoisotopic (exact) mass is 329 g/mol. The molecule has 3 heterocycles. The van der Waals surface area contributed by atoms with Crippen LogP contribution in [0.15, 0.2) is 67.0 Å². The summed E-state index contributed by atoms with van der Waals surface area (Å²) in [4.78, 5) is 11.4. The lowest BCUT2D eigenvalue weighted by atomic mass is 9.99. The Morgan fingerprint density at radius 2 is 1.88 bits per heavy atom. The summed E-state index contributed by atoms with van der Waals surface area (Å²) in [5.41, 5.74) is 5.72. The van der Waals surface area contributed by atoms with Gasteiger partial charge < -0.3 is 4.98 Å². The number of hydrogen-bond acceptors (Lipinski definition) is 2. The van der Waals surface area contributed by atoms with Crippen LogP contribution in [0.5, 0.6) is 0 Å². The average Bonchev–Trinajstić information content (AvgIpc) is 2.96. The van der Waals surface area contributed by atoms with E-state index in [4.69, 9.17) is 0 Å². The van der Waals surface area contributed by atoms with Gasteiger partial charge in [-0.15, -0.1) is 0 Å². The highest BCUT2D eigenvalue weighted by molar-refractivity contribution is 5.86. The summed E-state index contributed by atoms with van der Waals surface area (Å²) in [6.07, 6.45) is 3.80. The van der Waals surface area contributed by atoms with Gasteiger partial charge in [-0.3, -0.25) is 10.3 Å². The Balaban J connectivity index is 1.87. The fourth-order valence-corrected chi connectivity index (χ4v) is 3.33. The minimum atomic E-state index is -0.0459. The van der Waals surface area contributed by atoms with Crippen LogP contribution < -0.4 is 10.3 Å². The number of H-pyrrole nitrogens is 2. The lowest BCUT2D eigenvalue weighted by molar-refractivity contribution is -0.361. The van der Waals surface area contributed by atoms with Crippen LogP contribution in [0.4, 0.5) is 5.82 Å². The molecule has 4 heteroatoms. The molecule has 0 aliphatic rings. The summed E-state index contributed by atoms with van der Waals surface area (Å²) in [7, 11) is 0. The zero-order chi connectivity index (χ0) is 17.2. The number of nitrogens with one attached hydrogen (secondary N) is 3. The molecule has 0 spiro atoms. The van der Waals surface area contributed by atoms with Gasteiger partial charge in [0.25, 0.3) is 5.82 Å². The SMILES string of the molecule is Cc1cc[nH+]c(N[C@@H](c2ccccn2)c2c(C)[nH]c3ccccc23)c1. The van der Waals surface area contributed by atoms with Crippen molar-refractivity contribution < 1.29 is 4.98 Å². The quantitative estimate of drug-likeness (QED) is 0.590. The van der Waals surface area contributed by atoms with Crippen molar-refractivity contribution in [3.63, 3.8) is 0 Å². The van der Waals surface area contributed by atoms with Gasteiger partial charge in [-0.05, 0) is 43.7 Å². The molecular formula is C21H21N4+. The molecule has 4 rings (SSSR count). The standard InChI is InChI=1S/C21H20N4/c1-14-10-12-23-19(13-14)25-21(18-9-5-6-11-22-18)20-15(2)24-17-8-4-3-7-16(17)20/h3-13,21,24H,1-2H3,(H,23,25)/p+1/t21-/m0/s1. The van der Waals surface area contributed by atoms with Gasteiger partial charge in [-0.25, -0.2) is 4.98 Å². The molecular weight excluding hydrogens is 308 g/mol. The number of nitrogens with zero attached hydrogens (tertiary/aromatic N) is 1. The van der Waals surface area contributed by atoms with E-state index in [1.165, 1.54) is 16.5 Å². The predicted molar refractivity (Wildman–Crippen MR) is 100 cm³/mol. The van der Waals surface area contributed by atoms with Crippen molar-refractivity contribution in [3.05, 3.63) is 89.5 Å². The first-order valence-electron chi connectivity index (χ1n) is 8.45. The van der Waals surface area contributed by atoms with Crippen molar-refractivity contribution in [2.75, 3.05) is 5.32 Å². The lowest BCUT2D eigenvalue weighted by Gasteiger charge is -2.15. The van der Waals surface area contributed by atoms with E-state index in [0.29, 0.717) is 0 Å². The van der Waals surface area contributed by atoms with E-state index in [-0.39, 0.29) is 6.04 Å². The Morgan fingerprint density at radius 1 is 1.04 bits per heavy atom. The normalized spacial score (nSPS) is 12.2. The molecule has 0 aliphatic heterocycles. The molecule has 4 nitrogen and oxygen atoms in total. The predicted octanol–water partition coefficient (Wildman–Crippen LogP) is 4.20. The number of aryl methyl sites for hydroxylation is 2. The Kier molecular flexibility index (Phi) is 3.94. The zero-order valence-corrected chi connectivity index (χ0v) is 14.4. The number of para-hydroxylation sites is 1. The van der Waals surface area contributed by atoms with Gasteiger partial charge in [-0.2, -0.15) is 0 Å². The topological polar surface area (TPSA) is 54.9 Å². The molecule has 0 saturated carbocycles. The Morgan fingerprint density at radius 3 is 2.68 bits per heavy atom. The molecule has 0 saturated heterocycles. The van der Waals surface area contributed by atoms with Crippen LogP contribution in [0.2, 0.25) is 0 Å². The van der Waals surface area contributed by atoms with Crippen LogP contribution in [0.1, 0.15) is 28.6 Å². The molecule has 124 valence electrons. The third kappa shape index (κ3) is 2.98. The zero-order valence-electron chi connectivity index (χ0n) is 14.4. The Bertz CT molecular complexity index is 1000. The fourth-order valence-electron chi connectivity index (χ4n) is 3.33. The third-order valence-corrected chi connectivity index (χ3v) is 4.47. The number of fused-ring (bicyclic) bond motifs is 1. The number of rotatable bonds is 4. The number of benzene rings is 1. The maximum absolute atomic E-state index is 4.61. The van der Waals surface area contributed by atoms with Gasteiger partial charge in [-0.1, -0.05) is 24.3 Å². The smallest absolute Gasteiger partial charge is 0.273 e. The highest BCUT2D eigenvalue weighted by Crippen LogP contribution is 2.33. The van der Waals surface area contributed by atoms with Gasteiger partial charge in [0.2, 0.25) is 0 Å². The summed E-state index contributed by atoms with van der Waals surface area (Å²) < 4.78 is 0. The summed E-state index contributed by atoms with van der Waals surface area (Å²) in [5, 5.41) is 4.85. The highest BCUT2D eigenvalue weighted by Gasteiger charge is 2.26. The van der Waals surface area contributed by atoms with Gasteiger partial charge in [0.1, 0.15) is 0 Å². The summed E-state index contributed by atoms with van der Waals surface area (Å²) >= 11 is 0. The van der Waals surface area contributed by atoms with Crippen LogP contribution in [-0.2, 0) is 0 Å². The minimum absolute atomic E-state index is 0.0459. The van der Waals surface area contributed by atoms with Crippen LogP contribution in [0, 0.1) is 13.8 Å². The molecule has 0 aliphatic carbocycles. The minimum Gasteiger partial charge on any atom is -0.358 e. The van der Waals surface area contributed by atoms with Gasteiger partial charge in [0.05, 0.1) is 11.9 Å². The van der Waals surface area contributed by atoms with Crippen molar-refractivity contribution in [3.8, 4) is 0 Å². The first-order chi connectivity index (χ1) is 12.2. The first-order valence-corrected chi connectivity index (χ1v) is 8.45. The van der Waals surface area contributed by atoms with Crippen LogP contribution in [-0.4, -0.2) is 9.97 Å². The molecule has 1 atom stereocenters. The van der Waals surface area contributed by atoms with E-state index in [0.717, 1.165) is 22.7 Å². The fraction of sp³-hybridized carbons (Fsp3) is 0.143. The number of hydrogen-bond donors (Lipinski definition) is 2. The largest absolute Gasteiger partial charge is 0.358 e. The second-order valence-electron chi connectivity index (χ2n) is 6.32. The van der Waals surface area contributed by atoms with E-state index in [1.54, 1.807) is 0 Å². The molecule has 1 aromatic carbocycles. The summed E-state index contributed by atoms with van der Waals surface area (Å²) in [6.45, 7) is 4.21. The van der Waals surface area contributed by atoms with Crippen molar-refractivity contribution in [1.29, 1.82) is 0 Å². The van der Waals surface area contributed by atoms with E-state index in [9.17, 15) is 0 Å². The van der Waals surface area contributed by atoms with Crippen molar-refractivity contribution in [2.24, 2.45) is 0 Å². The molecule has 25 heavy (non-hydrogen) atoms. The van der Waals surface area contributed by atoms with Crippen molar-refractivity contribution >= 4 is 16.7 Å². The number of aromatic amines is 2. The number of anilines is 1. The van der Waals surface area contributed by atoms with Gasteiger partial charge >= 0.3 is 0 Å². The average molecular weight is 329 g/mol. The van der Waals surface area contributed by atoms with Crippen molar-refractivity contribution in [1.82, 2.24) is 9.97 Å². The lowest BCUT2D eigenvalue weighted by Crippen LogP contribution is -2.20. The van der Waals surface area contributed by atoms with Gasteiger partial charge in [0, 0.05) is 34.4 Å². The number of pyridine rings is 2. The summed E-state index contributed by atoms with van der Waals surface area (Å²) in [6, 6.07) is 18.6. The Labute approximate surface area is 147 Å². The molecule has 4 aromatic rings. The second-order valence-corrected chi connectivity index (χ2v) is 6.32. The maximum Gasteiger partial charge on any atom is 0.273 e. The van der Waals surface area contributed by atoms with Crippen molar-refractivity contribution in [2.45, 2.75) is 19.9 Å². The molecule has 3 N–H and O–H groups in total. The molecule has 0 amide bonds. The molecule has 0 radical (unpaired) electrons. The van der Waals surface area contributed by atoms with E-state index < -0.39 is 0 Å². The molecule has 0 fully saturated rings. The molecule has 0 bridgehead atoms. The van der Waals surface area contributed by atoms with E-state index in [2.05, 4.69) is 76.6 Å². The van der Waals surface area contributed by atoms with Crippen LogP contribution >= 0.6 is 0 Å². The van der Waals surface area contributed by atoms with E-state index in [1.807, 2.05) is 24.5 Å². The number of aromatic nitrogens is 3. The van der Waals surface area contributed by atoms with E-state index >= 15 is 0 Å². The first kappa shape index (κ1) is 15.4. The highest BCUT2D eigenvalue weighted by atomic mass is 15.0. The van der Waals surface area contributed by atoms with Crippen LogP contribution in [0.3, 0.4) is 0 Å². The van der Waals surface area contributed by atoms with Crippen LogP contribution in [0.25, 0.3) is 10.9 Å². The second kappa shape index (κ2) is 6.40. The molecule has 0 unspecified atom stereocenters. The summed E-state index contributed by atoms with van der Waals surface area (Å²) in [5.74, 6) is 0.973. The third-order valence-electron chi connectivity index (χ3n) is 4.47. The maximum atomic E-state index is 4.61. The van der Waals surface area contributed by atoms with Gasteiger partial charge in [0.15, 0.2) is 6.04 Å². The Hall–Kier alpha value is -3.14.